The quantitative estimate of drug-likeness (QED) is 0.509. The normalized spacial score (nSPS) is 10.9. The number of fused-ring (bicyclic) bond motifs is 1. The van der Waals surface area contributed by atoms with Crippen molar-refractivity contribution in [3.63, 3.8) is 0 Å². The van der Waals surface area contributed by atoms with Gasteiger partial charge in [-0.1, -0.05) is 24.3 Å². The number of hydrogen-bond acceptors (Lipinski definition) is 7. The lowest BCUT2D eigenvalue weighted by Gasteiger charge is -2.09. The van der Waals surface area contributed by atoms with Crippen molar-refractivity contribution in [2.45, 2.75) is 0 Å². The van der Waals surface area contributed by atoms with Crippen LogP contribution in [0.1, 0.15) is 5.56 Å². The number of rotatable bonds is 3. The fourth-order valence-corrected chi connectivity index (χ4v) is 3.02. The van der Waals surface area contributed by atoms with Crippen LogP contribution >= 0.6 is 0 Å². The lowest BCUT2D eigenvalue weighted by Crippen LogP contribution is -1.95. The maximum Gasteiger partial charge on any atom is 0.204 e. The molecule has 9 heteroatoms. The molecule has 0 aliphatic heterocycles. The van der Waals surface area contributed by atoms with E-state index in [0.29, 0.717) is 34.1 Å². The Morgan fingerprint density at radius 1 is 1.07 bits per heavy atom. The number of aromatic amines is 2. The molecule has 0 bridgehead atoms. The molecule has 128 valence electrons. The van der Waals surface area contributed by atoms with Crippen LogP contribution in [0.5, 0.6) is 0 Å². The first-order valence-corrected chi connectivity index (χ1v) is 8.00. The first kappa shape index (κ1) is 15.0. The van der Waals surface area contributed by atoms with Crippen molar-refractivity contribution < 1.29 is 4.42 Å². The number of tetrazole rings is 1. The highest BCUT2D eigenvalue weighted by atomic mass is 16.3. The summed E-state index contributed by atoms with van der Waals surface area (Å²) in [5, 5.41) is 31.4. The number of furan rings is 1. The van der Waals surface area contributed by atoms with Crippen LogP contribution < -0.4 is 0 Å². The molecule has 0 amide bonds. The van der Waals surface area contributed by atoms with E-state index in [9.17, 15) is 5.26 Å². The molecule has 0 unspecified atom stereocenters. The van der Waals surface area contributed by atoms with Crippen LogP contribution in [-0.4, -0.2) is 35.8 Å². The van der Waals surface area contributed by atoms with E-state index in [-0.39, 0.29) is 0 Å². The SMILES string of the molecule is N#Cc1c(-c2ccc(-c3nn[nH]n3)cc2)nc2[nH]ncc2c1-c1ccco1. The summed E-state index contributed by atoms with van der Waals surface area (Å²) in [5.74, 6) is 1.08. The maximum absolute atomic E-state index is 9.87. The van der Waals surface area contributed by atoms with Crippen molar-refractivity contribution in [1.82, 2.24) is 35.8 Å². The Kier molecular flexibility index (Phi) is 3.27. The number of pyridine rings is 1. The second-order valence-electron chi connectivity index (χ2n) is 5.74. The summed E-state index contributed by atoms with van der Waals surface area (Å²) in [6.45, 7) is 0. The van der Waals surface area contributed by atoms with Gasteiger partial charge in [0.1, 0.15) is 11.8 Å². The molecule has 0 aliphatic rings. The van der Waals surface area contributed by atoms with Crippen LogP contribution in [0.25, 0.3) is 45.0 Å². The van der Waals surface area contributed by atoms with Crippen molar-refractivity contribution >= 4 is 11.0 Å². The second-order valence-corrected chi connectivity index (χ2v) is 5.74. The minimum atomic E-state index is 0.422. The van der Waals surface area contributed by atoms with Gasteiger partial charge in [-0.3, -0.25) is 5.10 Å². The highest BCUT2D eigenvalue weighted by Gasteiger charge is 2.20. The Morgan fingerprint density at radius 2 is 1.93 bits per heavy atom. The second kappa shape index (κ2) is 5.89. The molecule has 0 aliphatic carbocycles. The fraction of sp³-hybridized carbons (Fsp3) is 0. The Morgan fingerprint density at radius 3 is 2.63 bits per heavy atom. The maximum atomic E-state index is 9.87. The average molecular weight is 354 g/mol. The molecule has 4 heterocycles. The van der Waals surface area contributed by atoms with Crippen molar-refractivity contribution in [1.29, 1.82) is 5.26 Å². The summed E-state index contributed by atoms with van der Waals surface area (Å²) in [4.78, 5) is 4.61. The summed E-state index contributed by atoms with van der Waals surface area (Å²) < 4.78 is 5.55. The Labute approximate surface area is 151 Å². The number of aromatic nitrogens is 7. The van der Waals surface area contributed by atoms with Gasteiger partial charge >= 0.3 is 0 Å². The predicted octanol–water partition coefficient (Wildman–Crippen LogP) is 2.94. The molecular weight excluding hydrogens is 344 g/mol. The van der Waals surface area contributed by atoms with Crippen LogP contribution in [0, 0.1) is 11.3 Å². The van der Waals surface area contributed by atoms with Gasteiger partial charge in [-0.2, -0.15) is 15.6 Å². The van der Waals surface area contributed by atoms with Crippen LogP contribution in [0.3, 0.4) is 0 Å². The Balaban J connectivity index is 1.73. The average Bonchev–Trinajstić information content (AvgIpc) is 3.49. The third kappa shape index (κ3) is 2.36. The summed E-state index contributed by atoms with van der Waals surface area (Å²) in [6.07, 6.45) is 3.21. The summed E-state index contributed by atoms with van der Waals surface area (Å²) >= 11 is 0. The smallest absolute Gasteiger partial charge is 0.204 e. The van der Waals surface area contributed by atoms with E-state index < -0.39 is 0 Å². The van der Waals surface area contributed by atoms with Gasteiger partial charge < -0.3 is 4.42 Å². The lowest BCUT2D eigenvalue weighted by molar-refractivity contribution is 0.583. The van der Waals surface area contributed by atoms with Crippen LogP contribution in [-0.2, 0) is 0 Å². The minimum Gasteiger partial charge on any atom is -0.464 e. The highest BCUT2D eigenvalue weighted by Crippen LogP contribution is 2.36. The van der Waals surface area contributed by atoms with Crippen molar-refractivity contribution in [2.24, 2.45) is 0 Å². The van der Waals surface area contributed by atoms with E-state index in [4.69, 9.17) is 4.42 Å². The van der Waals surface area contributed by atoms with E-state index in [1.54, 1.807) is 18.5 Å². The number of H-pyrrole nitrogens is 2. The highest BCUT2D eigenvalue weighted by molar-refractivity contribution is 5.97. The summed E-state index contributed by atoms with van der Waals surface area (Å²) in [7, 11) is 0. The van der Waals surface area contributed by atoms with E-state index in [1.165, 1.54) is 0 Å². The fourth-order valence-electron chi connectivity index (χ4n) is 3.02. The zero-order valence-electron chi connectivity index (χ0n) is 13.7. The lowest BCUT2D eigenvalue weighted by atomic mass is 9.97. The molecule has 27 heavy (non-hydrogen) atoms. The van der Waals surface area contributed by atoms with Crippen molar-refractivity contribution in [3.05, 3.63) is 54.4 Å². The van der Waals surface area contributed by atoms with E-state index in [1.807, 2.05) is 30.3 Å². The zero-order chi connectivity index (χ0) is 18.2. The van der Waals surface area contributed by atoms with Gasteiger partial charge in [-0.05, 0) is 17.3 Å². The third-order valence-corrected chi connectivity index (χ3v) is 4.24. The van der Waals surface area contributed by atoms with Crippen LogP contribution in [0.4, 0.5) is 0 Å². The summed E-state index contributed by atoms with van der Waals surface area (Å²) in [6, 6.07) is 13.3. The van der Waals surface area contributed by atoms with Crippen molar-refractivity contribution in [2.75, 3.05) is 0 Å². The molecule has 4 aromatic heterocycles. The monoisotopic (exact) mass is 354 g/mol. The Hall–Kier alpha value is -4.32. The molecule has 9 nitrogen and oxygen atoms in total. The molecule has 2 N–H and O–H groups in total. The number of hydrogen-bond donors (Lipinski definition) is 2. The Bertz CT molecular complexity index is 1260. The van der Waals surface area contributed by atoms with E-state index >= 15 is 0 Å². The molecule has 0 saturated heterocycles. The zero-order valence-corrected chi connectivity index (χ0v) is 13.7. The van der Waals surface area contributed by atoms with E-state index in [0.717, 1.165) is 16.5 Å². The van der Waals surface area contributed by atoms with Gasteiger partial charge in [-0.25, -0.2) is 4.98 Å². The molecule has 0 fully saturated rings. The molecule has 0 saturated carbocycles. The third-order valence-electron chi connectivity index (χ3n) is 4.24. The molecule has 5 rings (SSSR count). The number of benzene rings is 1. The molecule has 5 aromatic rings. The largest absolute Gasteiger partial charge is 0.464 e. The topological polar surface area (TPSA) is 133 Å². The van der Waals surface area contributed by atoms with Gasteiger partial charge in [-0.15, -0.1) is 10.2 Å². The molecule has 1 aromatic carbocycles. The van der Waals surface area contributed by atoms with Crippen molar-refractivity contribution in [3.8, 4) is 40.0 Å². The van der Waals surface area contributed by atoms with Gasteiger partial charge in [0.15, 0.2) is 5.65 Å². The van der Waals surface area contributed by atoms with Crippen LogP contribution in [0.15, 0.2) is 53.3 Å². The van der Waals surface area contributed by atoms with Gasteiger partial charge in [0.2, 0.25) is 5.82 Å². The molecule has 0 atom stereocenters. The van der Waals surface area contributed by atoms with Gasteiger partial charge in [0.25, 0.3) is 0 Å². The molecular formula is C18H10N8O. The number of nitrogens with zero attached hydrogens (tertiary/aromatic N) is 6. The van der Waals surface area contributed by atoms with Crippen LogP contribution in [0.2, 0.25) is 0 Å². The molecule has 0 radical (unpaired) electrons. The van der Waals surface area contributed by atoms with E-state index in [2.05, 4.69) is 41.9 Å². The molecule has 0 spiro atoms. The predicted molar refractivity (Wildman–Crippen MR) is 94.9 cm³/mol. The minimum absolute atomic E-state index is 0.422. The number of nitrogens with one attached hydrogen (secondary N) is 2. The van der Waals surface area contributed by atoms with Gasteiger partial charge in [0, 0.05) is 16.7 Å². The van der Waals surface area contributed by atoms with Gasteiger partial charge in [0.05, 0.1) is 29.1 Å². The first-order valence-electron chi connectivity index (χ1n) is 8.00. The number of nitriles is 1. The standard InChI is InChI=1S/C18H10N8O/c19-8-12-15(14-2-1-7-27-14)13-9-20-22-18(13)21-16(12)10-3-5-11(6-4-10)17-23-25-26-24-17/h1-7,9H,(H,20,21,22)(H,23,24,25,26). The summed E-state index contributed by atoms with van der Waals surface area (Å²) in [5.41, 5.74) is 3.80. The first-order chi connectivity index (χ1) is 13.3.